The van der Waals surface area contributed by atoms with Crippen LogP contribution in [-0.4, -0.2) is 52.4 Å². The van der Waals surface area contributed by atoms with Gasteiger partial charge in [-0.25, -0.2) is 10.9 Å². The Labute approximate surface area is 177 Å². The van der Waals surface area contributed by atoms with Crippen LogP contribution in [0.4, 0.5) is 11.4 Å². The van der Waals surface area contributed by atoms with E-state index in [0.717, 1.165) is 22.5 Å². The van der Waals surface area contributed by atoms with Crippen LogP contribution in [0.3, 0.4) is 0 Å². The summed E-state index contributed by atoms with van der Waals surface area (Å²) in [5.74, 6) is -0.677. The van der Waals surface area contributed by atoms with Gasteiger partial charge in [-0.15, -0.1) is 0 Å². The molecule has 0 aromatic heterocycles. The van der Waals surface area contributed by atoms with Gasteiger partial charge in [0.15, 0.2) is 0 Å². The Hall–Kier alpha value is -3.68. The lowest BCUT2D eigenvalue weighted by Crippen LogP contribution is -2.22. The van der Waals surface area contributed by atoms with Crippen molar-refractivity contribution in [1.29, 1.82) is 0 Å². The van der Waals surface area contributed by atoms with E-state index in [2.05, 4.69) is 21.1 Å². The first kappa shape index (κ1) is 22.6. The van der Waals surface area contributed by atoms with E-state index in [1.54, 1.807) is 12.4 Å². The highest BCUT2D eigenvalue weighted by molar-refractivity contribution is 5.86. The number of benzene rings is 2. The first-order valence-corrected chi connectivity index (χ1v) is 9.54. The van der Waals surface area contributed by atoms with Gasteiger partial charge in [-0.1, -0.05) is 24.3 Å². The van der Waals surface area contributed by atoms with Crippen LogP contribution in [0.2, 0.25) is 0 Å². The quantitative estimate of drug-likeness (QED) is 0.492. The second kappa shape index (κ2) is 11.4. The van der Waals surface area contributed by atoms with E-state index in [-0.39, 0.29) is 24.7 Å². The zero-order chi connectivity index (χ0) is 21.9. The normalized spacial score (nSPS) is 10.9. The third-order valence-electron chi connectivity index (χ3n) is 4.20. The second-order valence-corrected chi connectivity index (χ2v) is 7.06. The number of amides is 2. The highest BCUT2D eigenvalue weighted by Crippen LogP contribution is 2.11. The van der Waals surface area contributed by atoms with Crippen molar-refractivity contribution in [3.8, 4) is 0 Å². The Morgan fingerprint density at radius 2 is 1.03 bits per heavy atom. The fourth-order valence-electron chi connectivity index (χ4n) is 2.41. The number of nitrogens with one attached hydrogen (secondary N) is 2. The van der Waals surface area contributed by atoms with Gasteiger partial charge in [-0.3, -0.25) is 9.59 Å². The van der Waals surface area contributed by atoms with E-state index >= 15 is 0 Å². The van der Waals surface area contributed by atoms with Gasteiger partial charge < -0.3 is 9.80 Å². The number of rotatable bonds is 9. The molecule has 0 atom stereocenters. The maximum atomic E-state index is 11.8. The fourth-order valence-corrected chi connectivity index (χ4v) is 2.41. The van der Waals surface area contributed by atoms with Crippen LogP contribution in [0.15, 0.2) is 58.7 Å². The molecule has 0 aliphatic carbocycles. The molecule has 0 aliphatic rings. The summed E-state index contributed by atoms with van der Waals surface area (Å²) in [7, 11) is 7.86. The molecule has 0 radical (unpaired) electrons. The van der Waals surface area contributed by atoms with Gasteiger partial charge in [0.1, 0.15) is 0 Å². The summed E-state index contributed by atoms with van der Waals surface area (Å²) in [6.07, 6.45) is 3.16. The highest BCUT2D eigenvalue weighted by Gasteiger charge is 2.05. The van der Waals surface area contributed by atoms with E-state index in [1.807, 2.05) is 86.5 Å². The predicted octanol–water partition coefficient (Wildman–Crippen LogP) is 2.20. The van der Waals surface area contributed by atoms with E-state index in [4.69, 9.17) is 0 Å². The zero-order valence-corrected chi connectivity index (χ0v) is 17.8. The smallest absolute Gasteiger partial charge is 0.240 e. The van der Waals surface area contributed by atoms with Crippen molar-refractivity contribution in [2.75, 3.05) is 38.0 Å². The lowest BCUT2D eigenvalue weighted by molar-refractivity contribution is -0.126. The third kappa shape index (κ3) is 7.75. The largest absolute Gasteiger partial charge is 0.378 e. The maximum absolute atomic E-state index is 11.8. The van der Waals surface area contributed by atoms with Gasteiger partial charge in [-0.05, 0) is 35.4 Å². The average molecular weight is 409 g/mol. The van der Waals surface area contributed by atoms with Crippen LogP contribution in [0, 0.1) is 0 Å². The Kier molecular flexibility index (Phi) is 8.56. The van der Waals surface area contributed by atoms with E-state index in [0.29, 0.717) is 0 Å². The lowest BCUT2D eigenvalue weighted by atomic mass is 10.2. The third-order valence-corrected chi connectivity index (χ3v) is 4.20. The van der Waals surface area contributed by atoms with Gasteiger partial charge in [0.2, 0.25) is 11.8 Å². The van der Waals surface area contributed by atoms with Crippen LogP contribution in [0.1, 0.15) is 24.0 Å². The minimum atomic E-state index is -0.338. The van der Waals surface area contributed by atoms with Crippen molar-refractivity contribution in [3.63, 3.8) is 0 Å². The average Bonchev–Trinajstić information content (AvgIpc) is 2.73. The molecule has 8 nitrogen and oxygen atoms in total. The van der Waals surface area contributed by atoms with Gasteiger partial charge in [-0.2, -0.15) is 10.2 Å². The lowest BCUT2D eigenvalue weighted by Gasteiger charge is -2.11. The van der Waals surface area contributed by atoms with Gasteiger partial charge >= 0.3 is 0 Å². The van der Waals surface area contributed by atoms with Crippen LogP contribution in [0.5, 0.6) is 0 Å². The minimum absolute atomic E-state index is 0.0236. The van der Waals surface area contributed by atoms with Gasteiger partial charge in [0.05, 0.1) is 12.4 Å². The van der Waals surface area contributed by atoms with Crippen molar-refractivity contribution in [2.45, 2.75) is 12.8 Å². The van der Waals surface area contributed by atoms with Crippen molar-refractivity contribution in [1.82, 2.24) is 10.9 Å². The molecule has 2 rings (SSSR count). The summed E-state index contributed by atoms with van der Waals surface area (Å²) >= 11 is 0. The summed E-state index contributed by atoms with van der Waals surface area (Å²) in [6, 6.07) is 15.5. The van der Waals surface area contributed by atoms with E-state index < -0.39 is 0 Å². The van der Waals surface area contributed by atoms with Crippen LogP contribution >= 0.6 is 0 Å². The molecule has 0 spiro atoms. The van der Waals surface area contributed by atoms with Crippen molar-refractivity contribution in [2.24, 2.45) is 10.2 Å². The molecule has 0 fully saturated rings. The number of anilines is 2. The molecule has 2 aromatic carbocycles. The van der Waals surface area contributed by atoms with Crippen LogP contribution in [0.25, 0.3) is 0 Å². The Morgan fingerprint density at radius 1 is 0.700 bits per heavy atom. The first-order valence-electron chi connectivity index (χ1n) is 9.54. The topological polar surface area (TPSA) is 89.4 Å². The summed E-state index contributed by atoms with van der Waals surface area (Å²) < 4.78 is 0. The number of hydrogen-bond acceptors (Lipinski definition) is 6. The molecule has 0 heterocycles. The molecule has 30 heavy (non-hydrogen) atoms. The minimum Gasteiger partial charge on any atom is -0.378 e. The SMILES string of the molecule is CN(C)c1ccc(C=NNC(=O)CCC(=O)NN=Cc2ccc(N(C)C)cc2)cc1. The molecular weight excluding hydrogens is 380 g/mol. The number of carbonyl (C=O) groups is 2. The van der Waals surface area contributed by atoms with Gasteiger partial charge in [0.25, 0.3) is 0 Å². The number of carbonyl (C=O) groups excluding carboxylic acids is 2. The summed E-state index contributed by atoms with van der Waals surface area (Å²) in [5, 5.41) is 7.82. The van der Waals surface area contributed by atoms with E-state index in [1.165, 1.54) is 0 Å². The molecule has 0 unspecified atom stereocenters. The second-order valence-electron chi connectivity index (χ2n) is 7.06. The molecule has 2 amide bonds. The standard InChI is InChI=1S/C22H28N6O2/c1-27(2)19-9-5-17(6-10-19)15-23-25-21(29)13-14-22(30)26-24-16-18-7-11-20(12-8-18)28(3)4/h5-12,15-16H,13-14H2,1-4H3,(H,25,29)(H,26,30). The van der Waals surface area contributed by atoms with Crippen molar-refractivity contribution >= 4 is 35.6 Å². The first-order chi connectivity index (χ1) is 14.3. The molecule has 2 N–H and O–H groups in total. The van der Waals surface area contributed by atoms with Crippen molar-refractivity contribution < 1.29 is 9.59 Å². The Morgan fingerprint density at radius 3 is 1.33 bits per heavy atom. The Bertz CT molecular complexity index is 811. The van der Waals surface area contributed by atoms with Gasteiger partial charge in [0, 0.05) is 52.4 Å². The number of hydrazone groups is 2. The summed E-state index contributed by atoms with van der Waals surface area (Å²) in [4.78, 5) is 27.6. The Balaban J connectivity index is 1.69. The molecule has 158 valence electrons. The van der Waals surface area contributed by atoms with E-state index in [9.17, 15) is 9.59 Å². The molecule has 0 saturated carbocycles. The molecule has 0 bridgehead atoms. The highest BCUT2D eigenvalue weighted by atomic mass is 16.2. The maximum Gasteiger partial charge on any atom is 0.240 e. The summed E-state index contributed by atoms with van der Waals surface area (Å²) in [6.45, 7) is 0. The predicted molar refractivity (Wildman–Crippen MR) is 122 cm³/mol. The number of hydrogen-bond donors (Lipinski definition) is 2. The zero-order valence-electron chi connectivity index (χ0n) is 17.8. The molecule has 2 aromatic rings. The van der Waals surface area contributed by atoms with Crippen molar-refractivity contribution in [3.05, 3.63) is 59.7 Å². The molecule has 0 saturated heterocycles. The molecule has 0 aliphatic heterocycles. The van der Waals surface area contributed by atoms with Crippen LogP contribution < -0.4 is 20.7 Å². The monoisotopic (exact) mass is 408 g/mol. The fraction of sp³-hybridized carbons (Fsp3) is 0.273. The molecule has 8 heteroatoms. The summed E-state index contributed by atoms with van der Waals surface area (Å²) in [5.41, 5.74) is 8.73. The molecular formula is C22H28N6O2. The van der Waals surface area contributed by atoms with Crippen LogP contribution in [-0.2, 0) is 9.59 Å². The number of nitrogens with zero attached hydrogens (tertiary/aromatic N) is 4.